The van der Waals surface area contributed by atoms with Crippen molar-refractivity contribution in [3.8, 4) is 0 Å². The third kappa shape index (κ3) is 10.7. The van der Waals surface area contributed by atoms with Gasteiger partial charge in [-0.05, 0) is 26.2 Å². The van der Waals surface area contributed by atoms with Gasteiger partial charge in [-0.25, -0.2) is 4.98 Å². The summed E-state index contributed by atoms with van der Waals surface area (Å²) in [4.78, 5) is 54.3. The lowest BCUT2D eigenvalue weighted by Gasteiger charge is -2.22. The summed E-state index contributed by atoms with van der Waals surface area (Å²) in [7, 11) is 1.37. The number of aromatic nitrogens is 4. The minimum Gasteiger partial charge on any atom is -0.382 e. The van der Waals surface area contributed by atoms with Crippen molar-refractivity contribution in [1.29, 1.82) is 0 Å². The van der Waals surface area contributed by atoms with Gasteiger partial charge in [0.25, 0.3) is 5.91 Å². The number of nitrogens with zero attached hydrogens (tertiary/aromatic N) is 3. The summed E-state index contributed by atoms with van der Waals surface area (Å²) >= 11 is 0. The Bertz CT molecular complexity index is 1340. The Balaban J connectivity index is 0.000000633. The number of carbonyl (C=O) groups excluding carboxylic acids is 4. The number of carbonyl (C=O) groups is 4. The van der Waals surface area contributed by atoms with Gasteiger partial charge < -0.3 is 29.9 Å². The van der Waals surface area contributed by atoms with Crippen molar-refractivity contribution in [1.82, 2.24) is 36.3 Å². The van der Waals surface area contributed by atoms with E-state index in [0.717, 1.165) is 0 Å². The van der Waals surface area contributed by atoms with E-state index >= 15 is 0 Å². The molecule has 1 aliphatic rings. The molecule has 0 spiro atoms. The first-order valence-corrected chi connectivity index (χ1v) is 13.9. The summed E-state index contributed by atoms with van der Waals surface area (Å²) in [5.74, 6) is -0.982. The van der Waals surface area contributed by atoms with Crippen LogP contribution in [0.1, 0.15) is 54.8 Å². The Morgan fingerprint density at radius 3 is 2.40 bits per heavy atom. The molecule has 4 rings (SSSR count). The number of ketones is 1. The van der Waals surface area contributed by atoms with Gasteiger partial charge in [-0.15, -0.1) is 0 Å². The fourth-order valence-corrected chi connectivity index (χ4v) is 3.96. The summed E-state index contributed by atoms with van der Waals surface area (Å²) in [6.07, 6.45) is 2.04. The molecule has 1 fully saturated rings. The van der Waals surface area contributed by atoms with Crippen molar-refractivity contribution in [2.75, 3.05) is 26.9 Å². The van der Waals surface area contributed by atoms with Crippen LogP contribution >= 0.6 is 0 Å². The number of aromatic amines is 1. The quantitative estimate of drug-likeness (QED) is 0.196. The number of nitrogens with one attached hydrogen (secondary N) is 4. The number of benzene rings is 1. The number of amides is 3. The number of aryl methyl sites for hydroxylation is 1. The molecule has 3 atom stereocenters. The maximum Gasteiger partial charge on any atom is 0.274 e. The number of hydrogen-bond donors (Lipinski definition) is 4. The van der Waals surface area contributed by atoms with Crippen molar-refractivity contribution in [3.63, 3.8) is 0 Å². The highest BCUT2D eigenvalue weighted by Crippen LogP contribution is 2.29. The average molecular weight is 598 g/mol. The number of H-pyrrole nitrogens is 1. The molecule has 2 aromatic heterocycles. The SMILES string of the molecule is COC[C@H](NC(=O)c1cc(Cc2ncn[nH]2)on1)C(=O)NCC(=O)N[C@@H](CC(C)C)C(=O)[C@@]1(C)CO1.Cc1ccccc1. The minimum absolute atomic E-state index is 0.0398. The Kier molecular flexibility index (Phi) is 12.1. The lowest BCUT2D eigenvalue weighted by molar-refractivity contribution is -0.131. The van der Waals surface area contributed by atoms with Crippen LogP contribution in [0.3, 0.4) is 0 Å². The Labute approximate surface area is 249 Å². The third-order valence-electron chi connectivity index (χ3n) is 6.37. The minimum atomic E-state index is -1.10. The standard InChI is InChI=1S/C22H31N7O7.C7H8/c1-12(2)5-14(19(31)22(3)10-35-22)26-18(30)8-23-20(32)16(9-34-4)27-21(33)15-6-13(36-29-15)7-17-24-11-25-28-17;1-7-5-3-2-4-6-7/h6,11-12,14,16H,5,7-10H2,1-4H3,(H,23,32)(H,26,30)(H,27,33)(H,24,25,28);2-6H,1H3/t14-,16-,22+;/m0./s1. The number of ether oxygens (including phenoxy) is 2. The third-order valence-corrected chi connectivity index (χ3v) is 6.37. The van der Waals surface area contributed by atoms with E-state index in [2.05, 4.69) is 55.3 Å². The fourth-order valence-electron chi connectivity index (χ4n) is 3.96. The van der Waals surface area contributed by atoms with E-state index in [4.69, 9.17) is 14.0 Å². The normalized spacial score (nSPS) is 16.8. The van der Waals surface area contributed by atoms with Crippen molar-refractivity contribution < 1.29 is 33.2 Å². The van der Waals surface area contributed by atoms with Gasteiger partial charge in [-0.3, -0.25) is 24.3 Å². The molecule has 0 radical (unpaired) electrons. The summed E-state index contributed by atoms with van der Waals surface area (Å²) in [6, 6.07) is 9.85. The van der Waals surface area contributed by atoms with Gasteiger partial charge in [0.05, 0.1) is 32.2 Å². The van der Waals surface area contributed by atoms with Crippen LogP contribution in [0.5, 0.6) is 0 Å². The van der Waals surface area contributed by atoms with Gasteiger partial charge >= 0.3 is 0 Å². The maximum absolute atomic E-state index is 12.7. The molecular formula is C29H39N7O7. The number of methoxy groups -OCH3 is 1. The van der Waals surface area contributed by atoms with Gasteiger partial charge in [0.1, 0.15) is 29.6 Å². The average Bonchev–Trinajstić information content (AvgIpc) is 3.32. The zero-order valence-electron chi connectivity index (χ0n) is 25.0. The Hall–Kier alpha value is -4.43. The van der Waals surface area contributed by atoms with Gasteiger partial charge in [-0.2, -0.15) is 5.10 Å². The van der Waals surface area contributed by atoms with E-state index in [1.807, 2.05) is 32.0 Å². The number of hydrogen-bond acceptors (Lipinski definition) is 10. The lowest BCUT2D eigenvalue weighted by Crippen LogP contribution is -2.53. The molecule has 14 nitrogen and oxygen atoms in total. The molecule has 4 N–H and O–H groups in total. The monoisotopic (exact) mass is 597 g/mol. The molecular weight excluding hydrogens is 558 g/mol. The van der Waals surface area contributed by atoms with Crippen LogP contribution in [-0.2, 0) is 30.3 Å². The maximum atomic E-state index is 12.7. The van der Waals surface area contributed by atoms with Crippen molar-refractivity contribution in [2.24, 2.45) is 5.92 Å². The van der Waals surface area contributed by atoms with Crippen LogP contribution in [0.4, 0.5) is 0 Å². The highest BCUT2D eigenvalue weighted by atomic mass is 16.6. The fraction of sp³-hybridized carbons (Fsp3) is 0.483. The smallest absolute Gasteiger partial charge is 0.274 e. The van der Waals surface area contributed by atoms with E-state index in [1.54, 1.807) is 6.92 Å². The first kappa shape index (κ1) is 33.1. The second-order valence-corrected chi connectivity index (χ2v) is 10.8. The van der Waals surface area contributed by atoms with Gasteiger partial charge in [0, 0.05) is 13.2 Å². The Morgan fingerprint density at radius 2 is 1.84 bits per heavy atom. The highest BCUT2D eigenvalue weighted by Gasteiger charge is 2.50. The van der Waals surface area contributed by atoms with Crippen LogP contribution in [0.2, 0.25) is 0 Å². The van der Waals surface area contributed by atoms with Crippen molar-refractivity contribution >= 4 is 23.5 Å². The van der Waals surface area contributed by atoms with E-state index < -0.39 is 35.4 Å². The van der Waals surface area contributed by atoms with Crippen molar-refractivity contribution in [3.05, 3.63) is 65.6 Å². The summed E-state index contributed by atoms with van der Waals surface area (Å²) in [6.45, 7) is 7.42. The van der Waals surface area contributed by atoms with Crippen LogP contribution < -0.4 is 16.0 Å². The summed E-state index contributed by atoms with van der Waals surface area (Å²) < 4.78 is 15.4. The highest BCUT2D eigenvalue weighted by molar-refractivity contribution is 5.98. The number of epoxide rings is 1. The first-order valence-electron chi connectivity index (χ1n) is 13.9. The molecule has 3 aromatic rings. The molecule has 1 aliphatic heterocycles. The van der Waals surface area contributed by atoms with E-state index in [0.29, 0.717) is 24.6 Å². The second kappa shape index (κ2) is 15.7. The largest absolute Gasteiger partial charge is 0.382 e. The molecule has 3 amide bonds. The predicted octanol–water partition coefficient (Wildman–Crippen LogP) is 1.13. The molecule has 0 bridgehead atoms. The van der Waals surface area contributed by atoms with Crippen LogP contribution in [-0.4, -0.2) is 88.4 Å². The molecule has 1 aromatic carbocycles. The number of Topliss-reactive ketones (excluding diaryl/α,β-unsaturated/α-hetero) is 1. The van der Waals surface area contributed by atoms with E-state index in [-0.39, 0.29) is 37.0 Å². The molecule has 14 heteroatoms. The molecule has 232 valence electrons. The number of rotatable bonds is 14. The van der Waals surface area contributed by atoms with Crippen LogP contribution in [0.15, 0.2) is 47.2 Å². The summed E-state index contributed by atoms with van der Waals surface area (Å²) in [5.41, 5.74) is 0.407. The molecule has 1 saturated heterocycles. The molecule has 0 aliphatic carbocycles. The van der Waals surface area contributed by atoms with Gasteiger partial charge in [0.2, 0.25) is 11.8 Å². The molecule has 0 unspecified atom stereocenters. The van der Waals surface area contributed by atoms with Gasteiger partial charge in [-0.1, -0.05) is 54.9 Å². The topological polar surface area (TPSA) is 194 Å². The van der Waals surface area contributed by atoms with E-state index in [1.165, 1.54) is 25.1 Å². The van der Waals surface area contributed by atoms with Crippen molar-refractivity contribution in [2.45, 2.75) is 58.2 Å². The van der Waals surface area contributed by atoms with Crippen LogP contribution in [0, 0.1) is 12.8 Å². The zero-order valence-corrected chi connectivity index (χ0v) is 25.0. The second-order valence-electron chi connectivity index (χ2n) is 10.8. The molecule has 0 saturated carbocycles. The lowest BCUT2D eigenvalue weighted by atomic mass is 9.93. The Morgan fingerprint density at radius 1 is 1.12 bits per heavy atom. The predicted molar refractivity (Wildman–Crippen MR) is 154 cm³/mol. The van der Waals surface area contributed by atoms with E-state index in [9.17, 15) is 19.2 Å². The van der Waals surface area contributed by atoms with Gasteiger partial charge in [0.15, 0.2) is 11.5 Å². The zero-order chi connectivity index (χ0) is 31.4. The molecule has 43 heavy (non-hydrogen) atoms. The molecule has 3 heterocycles. The first-order chi connectivity index (χ1) is 20.5. The summed E-state index contributed by atoms with van der Waals surface area (Å²) in [5, 5.41) is 17.8. The van der Waals surface area contributed by atoms with Crippen LogP contribution in [0.25, 0.3) is 0 Å².